The van der Waals surface area contributed by atoms with Crippen LogP contribution in [0, 0.1) is 35.0 Å². The number of carbonyl (C=O) groups is 1. The molecule has 0 aromatic heterocycles. The lowest BCUT2D eigenvalue weighted by Gasteiger charge is -2.55. The third kappa shape index (κ3) is 2.27. The lowest BCUT2D eigenvalue weighted by molar-refractivity contribution is -0.117. The lowest BCUT2D eigenvalue weighted by Crippen LogP contribution is -2.48. The number of hydrogen-bond acceptors (Lipinski definition) is 2. The average molecular weight is 286 g/mol. The molecule has 3 unspecified atom stereocenters. The maximum Gasteiger partial charge on any atom is 0.155 e. The fourth-order valence-corrected chi connectivity index (χ4v) is 5.25. The predicted molar refractivity (Wildman–Crippen MR) is 83.4 cm³/mol. The van der Waals surface area contributed by atoms with Gasteiger partial charge in [0.2, 0.25) is 0 Å². The standard InChI is InChI=1S/C19H26O2/c1-4-17(21)18(2)9-8-16-13(12-18)5-6-14-11-15(20)7-10-19(14,16)3/h1,11,13,16-17,21H,5-10,12H2,2-3H3/t13?,16?,17?,18-,19-/m0/s1. The van der Waals surface area contributed by atoms with E-state index in [9.17, 15) is 9.90 Å². The summed E-state index contributed by atoms with van der Waals surface area (Å²) in [5, 5.41) is 10.2. The number of aliphatic hydroxyl groups is 1. The fraction of sp³-hybridized carbons (Fsp3) is 0.737. The topological polar surface area (TPSA) is 37.3 Å². The van der Waals surface area contributed by atoms with Gasteiger partial charge in [0.05, 0.1) is 0 Å². The Labute approximate surface area is 128 Å². The molecule has 0 radical (unpaired) electrons. The first-order chi connectivity index (χ1) is 9.89. The number of carbonyl (C=O) groups excluding carboxylic acids is 1. The Kier molecular flexibility index (Phi) is 3.53. The van der Waals surface area contributed by atoms with Gasteiger partial charge < -0.3 is 5.11 Å². The van der Waals surface area contributed by atoms with Crippen LogP contribution in [0.15, 0.2) is 11.6 Å². The Balaban J connectivity index is 1.85. The number of ketones is 1. The van der Waals surface area contributed by atoms with Crippen molar-refractivity contribution in [2.24, 2.45) is 22.7 Å². The van der Waals surface area contributed by atoms with Crippen LogP contribution in [0.2, 0.25) is 0 Å². The Morgan fingerprint density at radius 1 is 1.33 bits per heavy atom. The monoisotopic (exact) mass is 286 g/mol. The molecule has 0 heterocycles. The van der Waals surface area contributed by atoms with Gasteiger partial charge in [-0.25, -0.2) is 0 Å². The van der Waals surface area contributed by atoms with Gasteiger partial charge in [0.1, 0.15) is 6.10 Å². The maximum atomic E-state index is 11.7. The minimum atomic E-state index is -0.629. The molecule has 3 aliphatic rings. The molecule has 0 bridgehead atoms. The first-order valence-electron chi connectivity index (χ1n) is 8.27. The molecule has 5 atom stereocenters. The van der Waals surface area contributed by atoms with E-state index in [-0.39, 0.29) is 10.8 Å². The van der Waals surface area contributed by atoms with E-state index in [4.69, 9.17) is 6.42 Å². The zero-order valence-corrected chi connectivity index (χ0v) is 13.2. The number of fused-ring (bicyclic) bond motifs is 3. The summed E-state index contributed by atoms with van der Waals surface area (Å²) in [5.41, 5.74) is 1.47. The molecule has 0 spiro atoms. The molecule has 0 amide bonds. The van der Waals surface area contributed by atoms with Crippen LogP contribution in [0.5, 0.6) is 0 Å². The highest BCUT2D eigenvalue weighted by atomic mass is 16.3. The summed E-state index contributed by atoms with van der Waals surface area (Å²) in [5.74, 6) is 4.15. The third-order valence-electron chi connectivity index (χ3n) is 6.70. The van der Waals surface area contributed by atoms with Crippen LogP contribution in [0.25, 0.3) is 0 Å². The van der Waals surface area contributed by atoms with Gasteiger partial charge >= 0.3 is 0 Å². The van der Waals surface area contributed by atoms with E-state index in [1.807, 2.05) is 6.08 Å². The second-order valence-electron chi connectivity index (χ2n) is 7.92. The zero-order chi connectivity index (χ0) is 15.3. The van der Waals surface area contributed by atoms with Crippen LogP contribution >= 0.6 is 0 Å². The molecule has 3 rings (SSSR count). The van der Waals surface area contributed by atoms with Gasteiger partial charge in [-0.15, -0.1) is 6.42 Å². The summed E-state index contributed by atoms with van der Waals surface area (Å²) in [6.45, 7) is 4.51. The van der Waals surface area contributed by atoms with Crippen molar-refractivity contribution in [1.29, 1.82) is 0 Å². The molecule has 0 saturated heterocycles. The molecule has 2 nitrogen and oxygen atoms in total. The van der Waals surface area contributed by atoms with E-state index in [2.05, 4.69) is 19.8 Å². The molecule has 2 saturated carbocycles. The minimum Gasteiger partial charge on any atom is -0.380 e. The SMILES string of the molecule is C#CC(O)[C@@]1(C)CCC2C(CCC3=CC(=O)CC[C@@]32C)C1. The van der Waals surface area contributed by atoms with Gasteiger partial charge in [-0.2, -0.15) is 0 Å². The van der Waals surface area contributed by atoms with E-state index in [1.54, 1.807) is 0 Å². The third-order valence-corrected chi connectivity index (χ3v) is 6.70. The van der Waals surface area contributed by atoms with Crippen molar-refractivity contribution < 1.29 is 9.90 Å². The predicted octanol–water partition coefficient (Wildman–Crippen LogP) is 3.49. The fourth-order valence-electron chi connectivity index (χ4n) is 5.25. The molecule has 3 aliphatic carbocycles. The number of rotatable bonds is 1. The van der Waals surface area contributed by atoms with Crippen LogP contribution in [-0.2, 0) is 4.79 Å². The van der Waals surface area contributed by atoms with Crippen molar-refractivity contribution in [3.05, 3.63) is 11.6 Å². The summed E-state index contributed by atoms with van der Waals surface area (Å²) in [6.07, 6.45) is 13.8. The summed E-state index contributed by atoms with van der Waals surface area (Å²) in [6, 6.07) is 0. The summed E-state index contributed by atoms with van der Waals surface area (Å²) in [7, 11) is 0. The number of hydrogen-bond donors (Lipinski definition) is 1. The highest BCUT2D eigenvalue weighted by molar-refractivity contribution is 5.91. The van der Waals surface area contributed by atoms with Crippen LogP contribution in [0.3, 0.4) is 0 Å². The summed E-state index contributed by atoms with van der Waals surface area (Å²) in [4.78, 5) is 11.7. The second-order valence-corrected chi connectivity index (χ2v) is 7.92. The largest absolute Gasteiger partial charge is 0.380 e. The highest BCUT2D eigenvalue weighted by Crippen LogP contribution is 2.60. The maximum absolute atomic E-state index is 11.7. The van der Waals surface area contributed by atoms with Crippen molar-refractivity contribution >= 4 is 5.78 Å². The quantitative estimate of drug-likeness (QED) is 0.749. The van der Waals surface area contributed by atoms with E-state index >= 15 is 0 Å². The van der Waals surface area contributed by atoms with E-state index in [0.29, 0.717) is 24.0 Å². The Hall–Kier alpha value is -1.07. The normalized spacial score (nSPS) is 44.1. The molecular weight excluding hydrogens is 260 g/mol. The Bertz CT molecular complexity index is 526. The molecule has 0 aromatic rings. The van der Waals surface area contributed by atoms with Gasteiger partial charge in [-0.3, -0.25) is 4.79 Å². The molecule has 2 fully saturated rings. The summed E-state index contributed by atoms with van der Waals surface area (Å²) < 4.78 is 0. The number of allylic oxidation sites excluding steroid dienone is 2. The molecule has 2 heteroatoms. The first-order valence-corrected chi connectivity index (χ1v) is 8.27. The molecule has 21 heavy (non-hydrogen) atoms. The van der Waals surface area contributed by atoms with Crippen LogP contribution in [-0.4, -0.2) is 17.0 Å². The first kappa shape index (κ1) is 14.9. The summed E-state index contributed by atoms with van der Waals surface area (Å²) >= 11 is 0. The number of terminal acetylenes is 1. The second kappa shape index (κ2) is 4.99. The highest BCUT2D eigenvalue weighted by Gasteiger charge is 2.51. The van der Waals surface area contributed by atoms with Crippen LogP contribution in [0.1, 0.15) is 58.8 Å². The van der Waals surface area contributed by atoms with Gasteiger partial charge in [-0.05, 0) is 61.9 Å². The van der Waals surface area contributed by atoms with Crippen LogP contribution < -0.4 is 0 Å². The van der Waals surface area contributed by atoms with Gasteiger partial charge in [0, 0.05) is 11.8 Å². The van der Waals surface area contributed by atoms with Gasteiger partial charge in [-0.1, -0.05) is 25.3 Å². The van der Waals surface area contributed by atoms with Crippen molar-refractivity contribution in [3.63, 3.8) is 0 Å². The van der Waals surface area contributed by atoms with Crippen molar-refractivity contribution in [2.75, 3.05) is 0 Å². The Morgan fingerprint density at radius 3 is 2.81 bits per heavy atom. The smallest absolute Gasteiger partial charge is 0.155 e. The average Bonchev–Trinajstić information content (AvgIpc) is 2.47. The lowest BCUT2D eigenvalue weighted by atomic mass is 9.49. The Morgan fingerprint density at radius 2 is 2.10 bits per heavy atom. The van der Waals surface area contributed by atoms with Gasteiger partial charge in [0.15, 0.2) is 5.78 Å². The van der Waals surface area contributed by atoms with Gasteiger partial charge in [0.25, 0.3) is 0 Å². The molecule has 0 aliphatic heterocycles. The number of aliphatic hydroxyl groups excluding tert-OH is 1. The van der Waals surface area contributed by atoms with Crippen molar-refractivity contribution in [2.45, 2.75) is 64.9 Å². The van der Waals surface area contributed by atoms with Crippen molar-refractivity contribution in [1.82, 2.24) is 0 Å². The van der Waals surface area contributed by atoms with E-state index in [0.717, 1.165) is 38.5 Å². The molecule has 0 aromatic carbocycles. The molecular formula is C19H26O2. The van der Waals surface area contributed by atoms with Crippen LogP contribution in [0.4, 0.5) is 0 Å². The minimum absolute atomic E-state index is 0.127. The molecule has 114 valence electrons. The zero-order valence-electron chi connectivity index (χ0n) is 13.2. The van der Waals surface area contributed by atoms with Crippen molar-refractivity contribution in [3.8, 4) is 12.3 Å². The van der Waals surface area contributed by atoms with E-state index < -0.39 is 6.10 Å². The molecule has 1 N–H and O–H groups in total. The van der Waals surface area contributed by atoms with E-state index in [1.165, 1.54) is 5.57 Å².